The largest absolute Gasteiger partial charge is 0.465 e. The zero-order valence-electron chi connectivity index (χ0n) is 8.66. The third-order valence-electron chi connectivity index (χ3n) is 1.99. The van der Waals surface area contributed by atoms with Crippen molar-refractivity contribution in [3.05, 3.63) is 0 Å². The van der Waals surface area contributed by atoms with Crippen LogP contribution in [-0.4, -0.2) is 24.2 Å². The number of halogens is 1. The maximum Gasteiger partial charge on any atom is 0.316 e. The van der Waals surface area contributed by atoms with Gasteiger partial charge in [0.1, 0.15) is 12.2 Å². The molecule has 0 aliphatic rings. The number of hydrogen-bond acceptors (Lipinski definition) is 3. The number of esters is 1. The van der Waals surface area contributed by atoms with Gasteiger partial charge in [-0.2, -0.15) is 0 Å². The Kier molecular flexibility index (Phi) is 7.48. The molecule has 0 saturated heterocycles. The highest BCUT2D eigenvalue weighted by Crippen LogP contribution is 2.14. The van der Waals surface area contributed by atoms with Crippen LogP contribution in [0.15, 0.2) is 0 Å². The zero-order chi connectivity index (χ0) is 11.0. The van der Waals surface area contributed by atoms with Gasteiger partial charge in [-0.25, -0.2) is 0 Å². The Morgan fingerprint density at radius 2 is 2.07 bits per heavy atom. The molecular weight excluding hydrogens is 204 g/mol. The molecule has 82 valence electrons. The van der Waals surface area contributed by atoms with E-state index < -0.39 is 11.9 Å². The molecule has 3 nitrogen and oxygen atoms in total. The fourth-order valence-corrected chi connectivity index (χ4v) is 1.18. The van der Waals surface area contributed by atoms with Crippen molar-refractivity contribution in [1.29, 1.82) is 0 Å². The fourth-order valence-electron chi connectivity index (χ4n) is 1.06. The predicted molar refractivity (Wildman–Crippen MR) is 55.4 cm³/mol. The van der Waals surface area contributed by atoms with Crippen molar-refractivity contribution in [2.75, 3.05) is 6.61 Å². The number of ether oxygens (including phenoxy) is 1. The molecule has 0 amide bonds. The second-order valence-electron chi connectivity index (χ2n) is 3.08. The number of hydrogen-bond donors (Lipinski definition) is 0. The van der Waals surface area contributed by atoms with Crippen LogP contribution in [0.3, 0.4) is 0 Å². The average molecular weight is 221 g/mol. The van der Waals surface area contributed by atoms with E-state index in [0.29, 0.717) is 25.7 Å². The van der Waals surface area contributed by atoms with Crippen molar-refractivity contribution in [1.82, 2.24) is 0 Å². The first-order valence-electron chi connectivity index (χ1n) is 4.91. The van der Waals surface area contributed by atoms with Crippen molar-refractivity contribution >= 4 is 23.9 Å². The third-order valence-corrected chi connectivity index (χ3v) is 2.51. The molecular formula is C10H17ClO3. The summed E-state index contributed by atoms with van der Waals surface area (Å²) < 4.78 is 4.75. The number of aldehydes is 1. The van der Waals surface area contributed by atoms with Gasteiger partial charge in [-0.1, -0.05) is 6.92 Å². The van der Waals surface area contributed by atoms with E-state index in [1.807, 2.05) is 6.92 Å². The first kappa shape index (κ1) is 13.4. The van der Waals surface area contributed by atoms with Crippen LogP contribution in [0.25, 0.3) is 0 Å². The van der Waals surface area contributed by atoms with E-state index in [2.05, 4.69) is 0 Å². The lowest BCUT2D eigenvalue weighted by molar-refractivity contribution is -0.149. The van der Waals surface area contributed by atoms with E-state index in [1.54, 1.807) is 6.92 Å². The van der Waals surface area contributed by atoms with Crippen LogP contribution in [0.4, 0.5) is 0 Å². The second kappa shape index (κ2) is 7.80. The summed E-state index contributed by atoms with van der Waals surface area (Å²) >= 11 is 5.88. The fraction of sp³-hybridized carbons (Fsp3) is 0.800. The molecule has 4 heteroatoms. The van der Waals surface area contributed by atoms with Gasteiger partial charge in [-0.05, 0) is 26.2 Å². The van der Waals surface area contributed by atoms with Crippen molar-refractivity contribution < 1.29 is 14.3 Å². The van der Waals surface area contributed by atoms with Gasteiger partial charge < -0.3 is 9.53 Å². The van der Waals surface area contributed by atoms with Gasteiger partial charge >= 0.3 is 5.97 Å². The third kappa shape index (κ3) is 5.22. The molecule has 0 saturated carbocycles. The van der Waals surface area contributed by atoms with Crippen LogP contribution in [0.1, 0.15) is 33.1 Å². The van der Waals surface area contributed by atoms with Gasteiger partial charge in [0.25, 0.3) is 0 Å². The zero-order valence-corrected chi connectivity index (χ0v) is 9.42. The average Bonchev–Trinajstić information content (AvgIpc) is 2.18. The first-order chi connectivity index (χ1) is 6.65. The minimum absolute atomic E-state index is 0.0341. The van der Waals surface area contributed by atoms with E-state index in [0.717, 1.165) is 6.42 Å². The van der Waals surface area contributed by atoms with Crippen LogP contribution in [-0.2, 0) is 14.3 Å². The van der Waals surface area contributed by atoms with E-state index in [4.69, 9.17) is 16.3 Å². The molecule has 0 N–H and O–H groups in total. The minimum Gasteiger partial charge on any atom is -0.465 e. The summed E-state index contributed by atoms with van der Waals surface area (Å²) in [4.78, 5) is 21.8. The van der Waals surface area contributed by atoms with Gasteiger partial charge in [0.15, 0.2) is 0 Å². The van der Waals surface area contributed by atoms with Crippen LogP contribution in [0.5, 0.6) is 0 Å². The van der Waals surface area contributed by atoms with Gasteiger partial charge in [0.05, 0.1) is 6.61 Å². The lowest BCUT2D eigenvalue weighted by Gasteiger charge is -2.10. The SMILES string of the molecule is CCOC(=O)C(C=O)CCC(Cl)CC. The molecule has 0 heterocycles. The van der Waals surface area contributed by atoms with Gasteiger partial charge in [0.2, 0.25) is 0 Å². The van der Waals surface area contributed by atoms with Crippen LogP contribution >= 0.6 is 11.6 Å². The van der Waals surface area contributed by atoms with E-state index in [-0.39, 0.29) is 5.38 Å². The van der Waals surface area contributed by atoms with Crippen LogP contribution < -0.4 is 0 Å². The summed E-state index contributed by atoms with van der Waals surface area (Å²) in [5.74, 6) is -1.09. The molecule has 0 rings (SSSR count). The van der Waals surface area contributed by atoms with Gasteiger partial charge in [0, 0.05) is 5.38 Å². The second-order valence-corrected chi connectivity index (χ2v) is 3.69. The Hall–Kier alpha value is -0.570. The molecule has 0 aromatic heterocycles. The molecule has 0 aliphatic heterocycles. The highest BCUT2D eigenvalue weighted by atomic mass is 35.5. The summed E-state index contributed by atoms with van der Waals surface area (Å²) in [6.45, 7) is 4.00. The highest BCUT2D eigenvalue weighted by molar-refractivity contribution is 6.20. The molecule has 0 bridgehead atoms. The predicted octanol–water partition coefficient (Wildman–Crippen LogP) is 2.16. The smallest absolute Gasteiger partial charge is 0.316 e. The number of carbonyl (C=O) groups excluding carboxylic acids is 2. The topological polar surface area (TPSA) is 43.4 Å². The molecule has 0 aromatic carbocycles. The van der Waals surface area contributed by atoms with Crippen molar-refractivity contribution in [3.8, 4) is 0 Å². The molecule has 0 aliphatic carbocycles. The summed E-state index contributed by atoms with van der Waals surface area (Å²) in [5.41, 5.74) is 0. The lowest BCUT2D eigenvalue weighted by atomic mass is 10.0. The summed E-state index contributed by atoms with van der Waals surface area (Å²) in [6, 6.07) is 0. The standard InChI is InChI=1S/C10H17ClO3/c1-3-9(11)6-5-8(7-12)10(13)14-4-2/h7-9H,3-6H2,1-2H3. The number of carbonyl (C=O) groups is 2. The van der Waals surface area contributed by atoms with Crippen molar-refractivity contribution in [2.24, 2.45) is 5.92 Å². The molecule has 0 radical (unpaired) electrons. The number of alkyl halides is 1. The van der Waals surface area contributed by atoms with Crippen molar-refractivity contribution in [2.45, 2.75) is 38.5 Å². The Balaban J connectivity index is 3.90. The van der Waals surface area contributed by atoms with Crippen LogP contribution in [0, 0.1) is 5.92 Å². The van der Waals surface area contributed by atoms with Gasteiger partial charge in [-0.3, -0.25) is 4.79 Å². The molecule has 14 heavy (non-hydrogen) atoms. The highest BCUT2D eigenvalue weighted by Gasteiger charge is 2.19. The Morgan fingerprint density at radius 1 is 1.43 bits per heavy atom. The quantitative estimate of drug-likeness (QED) is 0.286. The maximum absolute atomic E-state index is 11.2. The van der Waals surface area contributed by atoms with Crippen molar-refractivity contribution in [3.63, 3.8) is 0 Å². The Labute approximate surface area is 89.8 Å². The monoisotopic (exact) mass is 220 g/mol. The van der Waals surface area contributed by atoms with Crippen LogP contribution in [0.2, 0.25) is 0 Å². The van der Waals surface area contributed by atoms with Gasteiger partial charge in [-0.15, -0.1) is 11.6 Å². The van der Waals surface area contributed by atoms with E-state index in [9.17, 15) is 9.59 Å². The minimum atomic E-state index is -0.650. The van der Waals surface area contributed by atoms with E-state index in [1.165, 1.54) is 0 Å². The molecule has 0 fully saturated rings. The normalized spacial score (nSPS) is 14.5. The maximum atomic E-state index is 11.2. The number of rotatable bonds is 7. The molecule has 2 atom stereocenters. The summed E-state index contributed by atoms with van der Waals surface area (Å²) in [5, 5.41) is 0.0341. The summed E-state index contributed by atoms with van der Waals surface area (Å²) in [6.07, 6.45) is 2.62. The molecule has 0 aromatic rings. The first-order valence-corrected chi connectivity index (χ1v) is 5.35. The Morgan fingerprint density at radius 3 is 2.50 bits per heavy atom. The summed E-state index contributed by atoms with van der Waals surface area (Å²) in [7, 11) is 0. The van der Waals surface area contributed by atoms with E-state index >= 15 is 0 Å². The molecule has 0 spiro atoms. The lowest BCUT2D eigenvalue weighted by Crippen LogP contribution is -2.20. The Bertz CT molecular complexity index is 182. The molecule has 2 unspecified atom stereocenters.